The minimum Gasteiger partial charge on any atom is -0.299 e. The first-order valence-corrected chi connectivity index (χ1v) is 5.55. The molecule has 0 aromatic carbocycles. The van der Waals surface area contributed by atoms with Gasteiger partial charge in [0, 0.05) is 12.6 Å². The van der Waals surface area contributed by atoms with Gasteiger partial charge >= 0.3 is 0 Å². The van der Waals surface area contributed by atoms with Crippen LogP contribution in [0.1, 0.15) is 13.3 Å². The predicted molar refractivity (Wildman–Crippen MR) is 65.7 cm³/mol. The van der Waals surface area contributed by atoms with Crippen LogP contribution in [-0.4, -0.2) is 24.5 Å². The second kappa shape index (κ2) is 3.82. The molecule has 1 fully saturated rings. The average molecular weight is 201 g/mol. The Morgan fingerprint density at radius 2 is 2.20 bits per heavy atom. The fourth-order valence-electron chi connectivity index (χ4n) is 2.72. The molecule has 2 rings (SSSR count). The van der Waals surface area contributed by atoms with Gasteiger partial charge < -0.3 is 0 Å². The maximum atomic E-state index is 3.92. The third-order valence-electron chi connectivity index (χ3n) is 3.66. The zero-order valence-corrected chi connectivity index (χ0v) is 9.66. The largest absolute Gasteiger partial charge is 0.299 e. The molecule has 0 spiro atoms. The highest BCUT2D eigenvalue weighted by atomic mass is 15.2. The van der Waals surface area contributed by atoms with Crippen LogP contribution in [-0.2, 0) is 0 Å². The molecule has 2 aliphatic rings. The Morgan fingerprint density at radius 1 is 1.47 bits per heavy atom. The summed E-state index contributed by atoms with van der Waals surface area (Å²) in [6, 6.07) is 0.651. The Balaban J connectivity index is 2.34. The molecule has 1 nitrogen and oxygen atoms in total. The second-order valence-electron chi connectivity index (χ2n) is 4.57. The monoisotopic (exact) mass is 201 g/mol. The molecule has 0 aromatic heterocycles. The van der Waals surface area contributed by atoms with Crippen molar-refractivity contribution in [2.24, 2.45) is 5.92 Å². The summed E-state index contributed by atoms with van der Waals surface area (Å²) >= 11 is 0. The fourth-order valence-corrected chi connectivity index (χ4v) is 2.72. The van der Waals surface area contributed by atoms with Gasteiger partial charge in [0.2, 0.25) is 0 Å². The number of likely N-dealkylation sites (N-methyl/N-ethyl adjacent to an activating group) is 1. The zero-order chi connectivity index (χ0) is 11.0. The van der Waals surface area contributed by atoms with E-state index in [0.717, 1.165) is 0 Å². The minimum atomic E-state index is 0.651. The highest BCUT2D eigenvalue weighted by molar-refractivity contribution is 5.50. The van der Waals surface area contributed by atoms with Gasteiger partial charge in [-0.2, -0.15) is 0 Å². The molecule has 1 heteroatoms. The normalized spacial score (nSPS) is 31.2. The molecule has 2 bridgehead atoms. The summed E-state index contributed by atoms with van der Waals surface area (Å²) < 4.78 is 0. The van der Waals surface area contributed by atoms with Gasteiger partial charge in [-0.25, -0.2) is 0 Å². The average Bonchev–Trinajstić information content (AvgIpc) is 2.77. The van der Waals surface area contributed by atoms with E-state index in [2.05, 4.69) is 38.1 Å². The first-order valence-electron chi connectivity index (χ1n) is 5.55. The van der Waals surface area contributed by atoms with E-state index < -0.39 is 0 Å². The summed E-state index contributed by atoms with van der Waals surface area (Å²) in [7, 11) is 2.20. The lowest BCUT2D eigenvalue weighted by atomic mass is 9.92. The summed E-state index contributed by atoms with van der Waals surface area (Å²) in [5.74, 6) is 0.711. The van der Waals surface area contributed by atoms with Gasteiger partial charge in [0.05, 0.1) is 0 Å². The SMILES string of the molecule is C=C/C(C)=C(\C=C)C1=CC2CC1CN2C. The van der Waals surface area contributed by atoms with Crippen molar-refractivity contribution in [2.75, 3.05) is 13.6 Å². The van der Waals surface area contributed by atoms with Crippen molar-refractivity contribution >= 4 is 0 Å². The zero-order valence-electron chi connectivity index (χ0n) is 9.66. The minimum absolute atomic E-state index is 0.651. The van der Waals surface area contributed by atoms with Gasteiger partial charge in [-0.15, -0.1) is 0 Å². The molecule has 1 saturated heterocycles. The molecular formula is C14H19N. The molecular weight excluding hydrogens is 182 g/mol. The Morgan fingerprint density at radius 3 is 2.60 bits per heavy atom. The highest BCUT2D eigenvalue weighted by Crippen LogP contribution is 2.40. The Kier molecular flexibility index (Phi) is 2.66. The van der Waals surface area contributed by atoms with Crippen molar-refractivity contribution in [2.45, 2.75) is 19.4 Å². The van der Waals surface area contributed by atoms with Crippen molar-refractivity contribution in [3.63, 3.8) is 0 Å². The van der Waals surface area contributed by atoms with Crippen molar-refractivity contribution in [1.82, 2.24) is 4.90 Å². The van der Waals surface area contributed by atoms with Crippen LogP contribution >= 0.6 is 0 Å². The predicted octanol–water partition coefficient (Wildman–Crippen LogP) is 2.94. The lowest BCUT2D eigenvalue weighted by Gasteiger charge is -2.22. The van der Waals surface area contributed by atoms with Crippen LogP contribution in [0.4, 0.5) is 0 Å². The molecule has 2 atom stereocenters. The van der Waals surface area contributed by atoms with Crippen LogP contribution in [0.5, 0.6) is 0 Å². The number of hydrogen-bond acceptors (Lipinski definition) is 1. The van der Waals surface area contributed by atoms with Gasteiger partial charge in [0.25, 0.3) is 0 Å². The van der Waals surface area contributed by atoms with Crippen LogP contribution in [0.15, 0.2) is 48.1 Å². The van der Waals surface area contributed by atoms with E-state index in [1.807, 2.05) is 12.2 Å². The topological polar surface area (TPSA) is 3.24 Å². The van der Waals surface area contributed by atoms with Crippen LogP contribution in [0.3, 0.4) is 0 Å². The first kappa shape index (κ1) is 10.4. The smallest absolute Gasteiger partial charge is 0.0287 e. The number of hydrogen-bond donors (Lipinski definition) is 0. The number of fused-ring (bicyclic) bond motifs is 2. The summed E-state index contributed by atoms with van der Waals surface area (Å²) in [5.41, 5.74) is 4.03. The van der Waals surface area contributed by atoms with E-state index in [-0.39, 0.29) is 0 Å². The lowest BCUT2D eigenvalue weighted by molar-refractivity contribution is 0.341. The molecule has 0 radical (unpaired) electrons. The molecule has 80 valence electrons. The Bertz CT molecular complexity index is 360. The van der Waals surface area contributed by atoms with Gasteiger partial charge in [-0.05, 0) is 43.0 Å². The van der Waals surface area contributed by atoms with Crippen molar-refractivity contribution in [1.29, 1.82) is 0 Å². The molecule has 15 heavy (non-hydrogen) atoms. The van der Waals surface area contributed by atoms with E-state index in [9.17, 15) is 0 Å². The van der Waals surface area contributed by atoms with Gasteiger partial charge in [0.1, 0.15) is 0 Å². The third kappa shape index (κ3) is 1.61. The van der Waals surface area contributed by atoms with Crippen LogP contribution in [0, 0.1) is 5.92 Å². The fraction of sp³-hybridized carbons (Fsp3) is 0.429. The standard InChI is InChI=1S/C14H19N/c1-5-10(3)13(6-2)14-8-12-7-11(14)9-15(12)4/h5-6,8,11-12H,1-2,7,9H2,3-4H3/b13-10+. The first-order chi connectivity index (χ1) is 7.17. The lowest BCUT2D eigenvalue weighted by Crippen LogP contribution is -2.26. The van der Waals surface area contributed by atoms with Crippen molar-refractivity contribution < 1.29 is 0 Å². The third-order valence-corrected chi connectivity index (χ3v) is 3.66. The van der Waals surface area contributed by atoms with Gasteiger partial charge in [-0.3, -0.25) is 4.90 Å². The Labute approximate surface area is 92.5 Å². The molecule has 0 amide bonds. The molecule has 1 aliphatic heterocycles. The van der Waals surface area contributed by atoms with E-state index in [4.69, 9.17) is 0 Å². The van der Waals surface area contributed by atoms with Crippen molar-refractivity contribution in [3.05, 3.63) is 48.1 Å². The van der Waals surface area contributed by atoms with Crippen LogP contribution in [0.25, 0.3) is 0 Å². The van der Waals surface area contributed by atoms with Crippen LogP contribution in [0.2, 0.25) is 0 Å². The highest BCUT2D eigenvalue weighted by Gasteiger charge is 2.37. The summed E-state index contributed by atoms with van der Waals surface area (Å²) in [4.78, 5) is 2.43. The van der Waals surface area contributed by atoms with E-state index in [1.54, 1.807) is 0 Å². The maximum absolute atomic E-state index is 3.92. The summed E-state index contributed by atoms with van der Waals surface area (Å²) in [5, 5.41) is 0. The quantitative estimate of drug-likeness (QED) is 0.635. The molecule has 0 N–H and O–H groups in total. The summed E-state index contributed by atoms with van der Waals surface area (Å²) in [6.45, 7) is 11.1. The van der Waals surface area contributed by atoms with E-state index in [1.165, 1.54) is 29.7 Å². The summed E-state index contributed by atoms with van der Waals surface area (Å²) in [6.07, 6.45) is 7.59. The maximum Gasteiger partial charge on any atom is 0.0287 e. The molecule has 1 heterocycles. The Hall–Kier alpha value is -1.08. The van der Waals surface area contributed by atoms with Gasteiger partial charge in [-0.1, -0.05) is 31.4 Å². The number of likely N-dealkylation sites (tertiary alicyclic amines) is 1. The van der Waals surface area contributed by atoms with Gasteiger partial charge in [0.15, 0.2) is 0 Å². The molecule has 0 saturated carbocycles. The number of rotatable bonds is 3. The van der Waals surface area contributed by atoms with Crippen molar-refractivity contribution in [3.8, 4) is 0 Å². The second-order valence-corrected chi connectivity index (χ2v) is 4.57. The number of nitrogens with zero attached hydrogens (tertiary/aromatic N) is 1. The molecule has 1 aliphatic carbocycles. The molecule has 0 aromatic rings. The molecule has 2 unspecified atom stereocenters. The van der Waals surface area contributed by atoms with Crippen LogP contribution < -0.4 is 0 Å². The van der Waals surface area contributed by atoms with E-state index >= 15 is 0 Å². The van der Waals surface area contributed by atoms with E-state index in [0.29, 0.717) is 12.0 Å². The number of allylic oxidation sites excluding steroid dienone is 4.